The van der Waals surface area contributed by atoms with Crippen molar-refractivity contribution in [2.75, 3.05) is 7.11 Å². The Hall–Kier alpha value is -0.950. The largest absolute Gasteiger partial charge is 0.466 e. The lowest BCUT2D eigenvalue weighted by Crippen LogP contribution is -2.33. The molecule has 0 amide bonds. The minimum absolute atomic E-state index is 0.500. The van der Waals surface area contributed by atoms with E-state index in [2.05, 4.69) is 4.74 Å². The van der Waals surface area contributed by atoms with Gasteiger partial charge in [0, 0.05) is 6.08 Å². The summed E-state index contributed by atoms with van der Waals surface area (Å²) in [5.41, 5.74) is 0. The first-order valence-corrected chi connectivity index (χ1v) is 5.38. The van der Waals surface area contributed by atoms with E-state index in [0.717, 1.165) is 0 Å². The van der Waals surface area contributed by atoms with Crippen LogP contribution in [0.1, 0.15) is 13.8 Å². The van der Waals surface area contributed by atoms with E-state index >= 15 is 0 Å². The Bertz CT molecular complexity index is 337. The summed E-state index contributed by atoms with van der Waals surface area (Å²) < 4.78 is 20.8. The highest BCUT2D eigenvalue weighted by Gasteiger charge is 2.53. The van der Waals surface area contributed by atoms with Gasteiger partial charge < -0.3 is 24.1 Å². The van der Waals surface area contributed by atoms with E-state index in [-0.39, 0.29) is 0 Å². The zero-order valence-corrected chi connectivity index (χ0v) is 9.95. The normalized spacial score (nSPS) is 39.5. The van der Waals surface area contributed by atoms with Crippen LogP contribution in [-0.2, 0) is 23.7 Å². The smallest absolute Gasteiger partial charge is 0.330 e. The zero-order chi connectivity index (χ0) is 12.6. The molecule has 1 N–H and O–H groups in total. The zero-order valence-electron chi connectivity index (χ0n) is 9.95. The SMILES string of the molecule is COC(=O)/C=C/[C@H]1O[C@@H]2OC(C)(C)O[C@@H]2[C@H]1O. The fourth-order valence-electron chi connectivity index (χ4n) is 1.92. The highest BCUT2D eigenvalue weighted by molar-refractivity contribution is 5.81. The summed E-state index contributed by atoms with van der Waals surface area (Å²) in [7, 11) is 1.28. The molecule has 6 nitrogen and oxygen atoms in total. The summed E-state index contributed by atoms with van der Waals surface area (Å²) in [4.78, 5) is 10.9. The van der Waals surface area contributed by atoms with Gasteiger partial charge in [0.25, 0.3) is 0 Å². The standard InChI is InChI=1S/C11H16O6/c1-11(2)16-9-8(13)6(15-10(9)17-11)4-5-7(12)14-3/h4-6,8-10,13H,1-3H3/b5-4+/t6-,8+,9-,10-/m1/s1. The first-order valence-electron chi connectivity index (χ1n) is 5.38. The molecule has 0 aromatic rings. The van der Waals surface area contributed by atoms with Crippen LogP contribution in [-0.4, -0.2) is 48.6 Å². The molecular weight excluding hydrogens is 228 g/mol. The van der Waals surface area contributed by atoms with Gasteiger partial charge >= 0.3 is 5.97 Å². The first kappa shape index (κ1) is 12.5. The van der Waals surface area contributed by atoms with Crippen molar-refractivity contribution in [2.45, 2.75) is 44.2 Å². The predicted octanol–water partition coefficient (Wildman–Crippen LogP) is -0.0471. The van der Waals surface area contributed by atoms with Crippen LogP contribution in [0.15, 0.2) is 12.2 Å². The molecule has 17 heavy (non-hydrogen) atoms. The fraction of sp³-hybridized carbons (Fsp3) is 0.727. The topological polar surface area (TPSA) is 74.2 Å². The maximum Gasteiger partial charge on any atom is 0.330 e. The van der Waals surface area contributed by atoms with Gasteiger partial charge in [-0.3, -0.25) is 0 Å². The summed E-state index contributed by atoms with van der Waals surface area (Å²) >= 11 is 0. The van der Waals surface area contributed by atoms with Gasteiger partial charge in [-0.05, 0) is 19.9 Å². The molecule has 2 aliphatic heterocycles. The van der Waals surface area contributed by atoms with Crippen LogP contribution in [0.4, 0.5) is 0 Å². The molecule has 4 atom stereocenters. The predicted molar refractivity (Wildman–Crippen MR) is 55.9 cm³/mol. The van der Waals surface area contributed by atoms with E-state index in [1.807, 2.05) is 0 Å². The Morgan fingerprint density at radius 1 is 1.41 bits per heavy atom. The van der Waals surface area contributed by atoms with Gasteiger partial charge in [-0.15, -0.1) is 0 Å². The van der Waals surface area contributed by atoms with E-state index in [9.17, 15) is 9.90 Å². The molecule has 2 aliphatic rings. The second-order valence-corrected chi connectivity index (χ2v) is 4.44. The summed E-state index contributed by atoms with van der Waals surface area (Å²) in [6.07, 6.45) is 0.0294. The van der Waals surface area contributed by atoms with E-state index in [0.29, 0.717) is 0 Å². The number of carbonyl (C=O) groups is 1. The molecule has 0 aromatic carbocycles. The third kappa shape index (κ3) is 2.50. The van der Waals surface area contributed by atoms with Crippen molar-refractivity contribution in [3.8, 4) is 0 Å². The molecule has 0 unspecified atom stereocenters. The Labute approximate surface area is 99.1 Å². The quantitative estimate of drug-likeness (QED) is 0.542. The van der Waals surface area contributed by atoms with Gasteiger partial charge in [0.1, 0.15) is 18.3 Å². The Balaban J connectivity index is 1.98. The lowest BCUT2D eigenvalue weighted by Gasteiger charge is -2.21. The second kappa shape index (κ2) is 4.38. The van der Waals surface area contributed by atoms with E-state index in [1.54, 1.807) is 13.8 Å². The van der Waals surface area contributed by atoms with Crippen molar-refractivity contribution in [3.05, 3.63) is 12.2 Å². The maximum atomic E-state index is 10.9. The third-order valence-electron chi connectivity index (χ3n) is 2.68. The third-order valence-corrected chi connectivity index (χ3v) is 2.68. The van der Waals surface area contributed by atoms with Crippen LogP contribution in [0.3, 0.4) is 0 Å². The van der Waals surface area contributed by atoms with E-state index in [4.69, 9.17) is 14.2 Å². The van der Waals surface area contributed by atoms with Crippen LogP contribution in [0.5, 0.6) is 0 Å². The molecule has 0 saturated carbocycles. The number of esters is 1. The Kier molecular flexibility index (Phi) is 3.22. The number of aliphatic hydroxyl groups is 1. The number of aliphatic hydroxyl groups excluding tert-OH is 1. The molecule has 2 rings (SSSR count). The molecule has 96 valence electrons. The van der Waals surface area contributed by atoms with Crippen molar-refractivity contribution in [1.29, 1.82) is 0 Å². The van der Waals surface area contributed by atoms with Crippen LogP contribution >= 0.6 is 0 Å². The Morgan fingerprint density at radius 3 is 2.71 bits per heavy atom. The average molecular weight is 244 g/mol. The van der Waals surface area contributed by atoms with Crippen molar-refractivity contribution in [1.82, 2.24) is 0 Å². The summed E-state index contributed by atoms with van der Waals surface area (Å²) in [6.45, 7) is 3.50. The number of fused-ring (bicyclic) bond motifs is 1. The summed E-state index contributed by atoms with van der Waals surface area (Å²) in [6, 6.07) is 0. The van der Waals surface area contributed by atoms with Gasteiger partial charge in [-0.2, -0.15) is 0 Å². The summed E-state index contributed by atoms with van der Waals surface area (Å²) in [5.74, 6) is -1.26. The molecule has 0 aromatic heterocycles. The molecular formula is C11H16O6. The number of rotatable bonds is 2. The number of carbonyl (C=O) groups excluding carboxylic acids is 1. The summed E-state index contributed by atoms with van der Waals surface area (Å²) in [5, 5.41) is 9.94. The van der Waals surface area contributed by atoms with Gasteiger partial charge in [-0.1, -0.05) is 0 Å². The fourth-order valence-corrected chi connectivity index (χ4v) is 1.92. The van der Waals surface area contributed by atoms with Gasteiger partial charge in [0.05, 0.1) is 7.11 Å². The monoisotopic (exact) mass is 244 g/mol. The minimum Gasteiger partial charge on any atom is -0.466 e. The van der Waals surface area contributed by atoms with Crippen molar-refractivity contribution < 1.29 is 28.8 Å². The molecule has 2 saturated heterocycles. The van der Waals surface area contributed by atoms with Crippen LogP contribution in [0, 0.1) is 0 Å². The molecule has 6 heteroatoms. The lowest BCUT2D eigenvalue weighted by atomic mass is 10.1. The number of methoxy groups -OCH3 is 1. The maximum absolute atomic E-state index is 10.9. The molecule has 0 bridgehead atoms. The van der Waals surface area contributed by atoms with E-state index in [1.165, 1.54) is 19.3 Å². The van der Waals surface area contributed by atoms with Crippen LogP contribution in [0.2, 0.25) is 0 Å². The minimum atomic E-state index is -0.859. The van der Waals surface area contributed by atoms with Crippen molar-refractivity contribution in [2.24, 2.45) is 0 Å². The average Bonchev–Trinajstić information content (AvgIpc) is 2.70. The van der Waals surface area contributed by atoms with Crippen molar-refractivity contribution in [3.63, 3.8) is 0 Å². The van der Waals surface area contributed by atoms with Gasteiger partial charge in [0.15, 0.2) is 12.1 Å². The number of hydrogen-bond donors (Lipinski definition) is 1. The number of hydrogen-bond acceptors (Lipinski definition) is 6. The van der Waals surface area contributed by atoms with E-state index < -0.39 is 36.4 Å². The highest BCUT2D eigenvalue weighted by Crippen LogP contribution is 2.37. The molecule has 2 heterocycles. The van der Waals surface area contributed by atoms with Gasteiger partial charge in [0.2, 0.25) is 0 Å². The number of ether oxygens (including phenoxy) is 4. The molecule has 0 aliphatic carbocycles. The van der Waals surface area contributed by atoms with Crippen LogP contribution in [0.25, 0.3) is 0 Å². The van der Waals surface area contributed by atoms with Crippen molar-refractivity contribution >= 4 is 5.97 Å². The molecule has 2 fully saturated rings. The van der Waals surface area contributed by atoms with Crippen LogP contribution < -0.4 is 0 Å². The first-order chi connectivity index (χ1) is 7.93. The van der Waals surface area contributed by atoms with Gasteiger partial charge in [-0.25, -0.2) is 4.79 Å². The lowest BCUT2D eigenvalue weighted by molar-refractivity contribution is -0.209. The molecule has 0 spiro atoms. The molecule has 0 radical (unpaired) electrons. The highest BCUT2D eigenvalue weighted by atomic mass is 16.8. The Morgan fingerprint density at radius 2 is 2.12 bits per heavy atom. The second-order valence-electron chi connectivity index (χ2n) is 4.44.